The first-order valence-corrected chi connectivity index (χ1v) is 9.92. The lowest BCUT2D eigenvalue weighted by Gasteiger charge is -2.15. The summed E-state index contributed by atoms with van der Waals surface area (Å²) in [6.45, 7) is 1.81. The molecule has 2 aromatic heterocycles. The van der Waals surface area contributed by atoms with Gasteiger partial charge in [0.1, 0.15) is 34.9 Å². The van der Waals surface area contributed by atoms with Crippen molar-refractivity contribution in [2.24, 2.45) is 0 Å². The first-order chi connectivity index (χ1) is 17.0. The van der Waals surface area contributed by atoms with Crippen LogP contribution in [0.1, 0.15) is 23.6 Å². The molecule has 0 unspecified atom stereocenters. The number of pyridine rings is 2. The average molecular weight is 497 g/mol. The minimum Gasteiger partial charge on any atom is -0.475 e. The highest BCUT2D eigenvalue weighted by atomic mass is 19.4. The maximum atomic E-state index is 11.2. The number of benzene rings is 1. The maximum absolute atomic E-state index is 11.2. The van der Waals surface area contributed by atoms with Gasteiger partial charge in [0, 0.05) is 37.1 Å². The highest BCUT2D eigenvalue weighted by Crippen LogP contribution is 2.34. The van der Waals surface area contributed by atoms with Gasteiger partial charge in [-0.1, -0.05) is 18.2 Å². The van der Waals surface area contributed by atoms with E-state index in [1.165, 1.54) is 6.92 Å². The van der Waals surface area contributed by atoms with E-state index in [9.17, 15) is 28.5 Å². The number of carbonyl (C=O) groups excluding carboxylic acids is 1. The Bertz CT molecular complexity index is 1330. The predicted octanol–water partition coefficient (Wildman–Crippen LogP) is 3.67. The van der Waals surface area contributed by atoms with Gasteiger partial charge in [-0.15, -0.1) is 0 Å². The minimum absolute atomic E-state index is 0.0288. The summed E-state index contributed by atoms with van der Waals surface area (Å²) in [6, 6.07) is 14.7. The van der Waals surface area contributed by atoms with E-state index in [1.54, 1.807) is 36.7 Å². The first kappa shape index (κ1) is 27.1. The molecular weight excluding hydrogens is 479 g/mol. The largest absolute Gasteiger partial charge is 0.490 e. The average Bonchev–Trinajstić information content (AvgIpc) is 2.83. The molecule has 5 N–H and O–H groups in total. The van der Waals surface area contributed by atoms with Gasteiger partial charge in [-0.25, -0.2) is 9.78 Å². The van der Waals surface area contributed by atoms with Crippen molar-refractivity contribution in [1.29, 1.82) is 10.5 Å². The number of hydrogen-bond donors (Lipinski definition) is 4. The molecule has 184 valence electrons. The van der Waals surface area contributed by atoms with Crippen molar-refractivity contribution < 1.29 is 27.9 Å². The Balaban J connectivity index is 0.000000572. The van der Waals surface area contributed by atoms with Gasteiger partial charge in [-0.3, -0.25) is 9.78 Å². The van der Waals surface area contributed by atoms with Crippen LogP contribution in [0.2, 0.25) is 0 Å². The summed E-state index contributed by atoms with van der Waals surface area (Å²) in [7, 11) is 0. The third kappa shape index (κ3) is 7.16. The summed E-state index contributed by atoms with van der Waals surface area (Å²) in [5.74, 6) is -2.63. The van der Waals surface area contributed by atoms with E-state index >= 15 is 0 Å². The van der Waals surface area contributed by atoms with Crippen LogP contribution in [0.5, 0.6) is 0 Å². The molecule has 1 amide bonds. The van der Waals surface area contributed by atoms with Crippen molar-refractivity contribution in [3.05, 3.63) is 65.5 Å². The van der Waals surface area contributed by atoms with Crippen LogP contribution in [-0.4, -0.2) is 33.1 Å². The van der Waals surface area contributed by atoms with Crippen molar-refractivity contribution in [2.75, 3.05) is 16.4 Å². The molecule has 13 heteroatoms. The number of nitriles is 2. The van der Waals surface area contributed by atoms with Gasteiger partial charge in [-0.05, 0) is 29.3 Å². The maximum Gasteiger partial charge on any atom is 0.490 e. The van der Waals surface area contributed by atoms with Gasteiger partial charge >= 0.3 is 12.1 Å². The van der Waals surface area contributed by atoms with E-state index in [1.807, 2.05) is 18.2 Å². The fourth-order valence-electron chi connectivity index (χ4n) is 2.85. The molecule has 0 radical (unpaired) electrons. The van der Waals surface area contributed by atoms with E-state index in [0.717, 1.165) is 5.56 Å². The molecule has 0 spiro atoms. The second-order valence-electron chi connectivity index (χ2n) is 6.97. The highest BCUT2D eigenvalue weighted by Gasteiger charge is 2.38. The van der Waals surface area contributed by atoms with E-state index in [4.69, 9.17) is 15.6 Å². The molecule has 36 heavy (non-hydrogen) atoms. The van der Waals surface area contributed by atoms with E-state index in [-0.39, 0.29) is 28.7 Å². The number of alkyl halides is 3. The van der Waals surface area contributed by atoms with Gasteiger partial charge in [0.05, 0.1) is 0 Å². The van der Waals surface area contributed by atoms with E-state index in [2.05, 4.69) is 26.7 Å². The Kier molecular flexibility index (Phi) is 8.88. The summed E-state index contributed by atoms with van der Waals surface area (Å²) in [5, 5.41) is 32.3. The molecule has 2 heterocycles. The molecule has 0 fully saturated rings. The molecule has 0 bridgehead atoms. The zero-order valence-electron chi connectivity index (χ0n) is 18.6. The number of aliphatic carboxylic acids is 1. The van der Waals surface area contributed by atoms with Gasteiger partial charge < -0.3 is 21.5 Å². The molecular formula is C23H18F3N7O3. The number of nitrogens with one attached hydrogen (secondary N) is 2. The topological polar surface area (TPSA) is 178 Å². The summed E-state index contributed by atoms with van der Waals surface area (Å²) >= 11 is 0. The number of nitrogens with zero attached hydrogens (tertiary/aromatic N) is 4. The number of carbonyl (C=O) groups is 2. The molecule has 0 atom stereocenters. The summed E-state index contributed by atoms with van der Waals surface area (Å²) in [4.78, 5) is 28.4. The van der Waals surface area contributed by atoms with Crippen LogP contribution in [0.4, 0.5) is 30.5 Å². The monoisotopic (exact) mass is 497 g/mol. The molecule has 3 aromatic rings. The number of nitrogen functional groups attached to an aromatic ring is 1. The predicted molar refractivity (Wildman–Crippen MR) is 123 cm³/mol. The quantitative estimate of drug-likeness (QED) is 0.409. The molecule has 0 saturated carbocycles. The second kappa shape index (κ2) is 11.8. The third-order valence-corrected chi connectivity index (χ3v) is 4.37. The zero-order valence-corrected chi connectivity index (χ0v) is 18.6. The number of anilines is 3. The number of nitrogens with two attached hydrogens (primary N) is 1. The van der Waals surface area contributed by atoms with Gasteiger partial charge in [-0.2, -0.15) is 23.7 Å². The van der Waals surface area contributed by atoms with Gasteiger partial charge in [0.25, 0.3) is 0 Å². The number of rotatable bonds is 5. The molecule has 1 aromatic carbocycles. The zero-order chi connectivity index (χ0) is 26.9. The van der Waals surface area contributed by atoms with Crippen LogP contribution in [0.3, 0.4) is 0 Å². The molecule has 0 aliphatic carbocycles. The smallest absolute Gasteiger partial charge is 0.475 e. The van der Waals surface area contributed by atoms with Crippen LogP contribution in [-0.2, 0) is 16.1 Å². The van der Waals surface area contributed by atoms with Crippen LogP contribution in [0.15, 0.2) is 48.8 Å². The van der Waals surface area contributed by atoms with Crippen LogP contribution >= 0.6 is 0 Å². The number of hydrogen-bond acceptors (Lipinski definition) is 8. The van der Waals surface area contributed by atoms with Crippen LogP contribution < -0.4 is 16.4 Å². The van der Waals surface area contributed by atoms with E-state index in [0.29, 0.717) is 23.4 Å². The molecule has 0 aliphatic heterocycles. The third-order valence-electron chi connectivity index (χ3n) is 4.37. The molecule has 3 rings (SSSR count). The molecule has 0 aliphatic rings. The Morgan fingerprint density at radius 1 is 1.11 bits per heavy atom. The highest BCUT2D eigenvalue weighted by molar-refractivity contribution is 5.90. The normalized spacial score (nSPS) is 10.2. The van der Waals surface area contributed by atoms with Crippen molar-refractivity contribution in [1.82, 2.24) is 9.97 Å². The fraction of sp³-hybridized carbons (Fsp3) is 0.130. The SMILES string of the molecule is CC(=O)Nc1ccc(-c2c(C#N)c(N)nc(NCc3cccnc3)c2C#N)cc1.O=C(O)C(F)(F)F. The van der Waals surface area contributed by atoms with Gasteiger partial charge in [0.2, 0.25) is 5.91 Å². The number of carboxylic acid groups (broad SMARTS) is 1. The Morgan fingerprint density at radius 3 is 2.19 bits per heavy atom. The number of aromatic nitrogens is 2. The summed E-state index contributed by atoms with van der Waals surface area (Å²) in [5.41, 5.74) is 8.87. The van der Waals surface area contributed by atoms with Crippen LogP contribution in [0, 0.1) is 22.7 Å². The van der Waals surface area contributed by atoms with Crippen LogP contribution in [0.25, 0.3) is 11.1 Å². The Labute approximate surface area is 202 Å². The van der Waals surface area contributed by atoms with Crippen molar-refractivity contribution in [3.63, 3.8) is 0 Å². The lowest BCUT2D eigenvalue weighted by Crippen LogP contribution is -2.21. The lowest BCUT2D eigenvalue weighted by molar-refractivity contribution is -0.192. The van der Waals surface area contributed by atoms with Crippen molar-refractivity contribution in [2.45, 2.75) is 19.6 Å². The van der Waals surface area contributed by atoms with Gasteiger partial charge in [0.15, 0.2) is 0 Å². The Morgan fingerprint density at radius 2 is 1.72 bits per heavy atom. The summed E-state index contributed by atoms with van der Waals surface area (Å²) in [6.07, 6.45) is -1.71. The fourth-order valence-corrected chi connectivity index (χ4v) is 2.85. The number of amides is 1. The summed E-state index contributed by atoms with van der Waals surface area (Å²) < 4.78 is 31.7. The minimum atomic E-state index is -5.08. The van der Waals surface area contributed by atoms with E-state index < -0.39 is 12.1 Å². The van der Waals surface area contributed by atoms with Crippen molar-refractivity contribution in [3.8, 4) is 23.3 Å². The second-order valence-corrected chi connectivity index (χ2v) is 6.97. The first-order valence-electron chi connectivity index (χ1n) is 9.92. The van der Waals surface area contributed by atoms with Crippen molar-refractivity contribution >= 4 is 29.2 Å². The lowest BCUT2D eigenvalue weighted by atomic mass is 9.95. The Hall–Kier alpha value is -5.17. The number of carboxylic acids is 1. The molecule has 0 saturated heterocycles. The molecule has 10 nitrogen and oxygen atoms in total. The standard InChI is InChI=1S/C21H17N7O.C2HF3O2/c1-13(29)27-16-6-4-15(5-7-16)19-17(9-22)20(24)28-21(18(19)10-23)26-12-14-3-2-8-25-11-14;3-2(4,5)1(6)7/h2-8,11H,12H2,1H3,(H,27,29)(H3,24,26,28);(H,6,7). The number of halogens is 3.